The summed E-state index contributed by atoms with van der Waals surface area (Å²) in [4.78, 5) is 5.12. The van der Waals surface area contributed by atoms with Gasteiger partial charge in [0.15, 0.2) is 0 Å². The van der Waals surface area contributed by atoms with Crippen molar-refractivity contribution >= 4 is 0 Å². The SMILES string of the molecule is CN1CCCC(CN)(N(C)C2CCCCCC2)C1. The van der Waals surface area contributed by atoms with E-state index in [4.69, 9.17) is 5.73 Å². The molecule has 0 aromatic carbocycles. The van der Waals surface area contributed by atoms with Gasteiger partial charge >= 0.3 is 0 Å². The van der Waals surface area contributed by atoms with Crippen molar-refractivity contribution in [2.75, 3.05) is 33.7 Å². The Balaban J connectivity index is 2.05. The molecule has 106 valence electrons. The van der Waals surface area contributed by atoms with Crippen LogP contribution >= 0.6 is 0 Å². The average molecular weight is 253 g/mol. The van der Waals surface area contributed by atoms with Crippen molar-refractivity contribution < 1.29 is 0 Å². The molecule has 1 unspecified atom stereocenters. The van der Waals surface area contributed by atoms with Crippen LogP contribution in [0.5, 0.6) is 0 Å². The second-order valence-electron chi connectivity index (χ2n) is 6.53. The predicted molar refractivity (Wildman–Crippen MR) is 77.8 cm³/mol. The van der Waals surface area contributed by atoms with E-state index >= 15 is 0 Å². The lowest BCUT2D eigenvalue weighted by Gasteiger charge is -2.50. The summed E-state index contributed by atoms with van der Waals surface area (Å²) in [5.41, 5.74) is 6.42. The van der Waals surface area contributed by atoms with Crippen molar-refractivity contribution in [2.24, 2.45) is 5.73 Å². The third-order valence-electron chi connectivity index (χ3n) is 5.25. The van der Waals surface area contributed by atoms with E-state index in [1.54, 1.807) is 0 Å². The van der Waals surface area contributed by atoms with E-state index in [1.807, 2.05) is 0 Å². The number of piperidine rings is 1. The first-order valence-corrected chi connectivity index (χ1v) is 7.79. The topological polar surface area (TPSA) is 32.5 Å². The minimum absolute atomic E-state index is 0.238. The maximum atomic E-state index is 6.18. The van der Waals surface area contributed by atoms with Gasteiger partial charge in [0, 0.05) is 24.7 Å². The molecule has 1 saturated carbocycles. The summed E-state index contributed by atoms with van der Waals surface area (Å²) in [6.07, 6.45) is 11.0. The Bertz CT molecular complexity index is 248. The van der Waals surface area contributed by atoms with Gasteiger partial charge in [-0.15, -0.1) is 0 Å². The molecule has 1 saturated heterocycles. The molecular weight excluding hydrogens is 222 g/mol. The van der Waals surface area contributed by atoms with Gasteiger partial charge in [-0.1, -0.05) is 25.7 Å². The smallest absolute Gasteiger partial charge is 0.0458 e. The number of rotatable bonds is 3. The molecule has 1 heterocycles. The summed E-state index contributed by atoms with van der Waals surface area (Å²) in [6.45, 7) is 3.20. The summed E-state index contributed by atoms with van der Waals surface area (Å²) in [7, 11) is 4.58. The highest BCUT2D eigenvalue weighted by molar-refractivity contribution is 4.98. The molecule has 3 nitrogen and oxygen atoms in total. The number of nitrogens with two attached hydrogens (primary N) is 1. The molecule has 2 aliphatic rings. The van der Waals surface area contributed by atoms with Crippen LogP contribution in [0.4, 0.5) is 0 Å². The molecule has 3 heteroatoms. The van der Waals surface area contributed by atoms with Crippen LogP contribution in [0.15, 0.2) is 0 Å². The Morgan fingerprint density at radius 1 is 1.17 bits per heavy atom. The molecule has 1 atom stereocenters. The summed E-state index contributed by atoms with van der Waals surface area (Å²) in [6, 6.07) is 0.766. The molecular formula is C15H31N3. The van der Waals surface area contributed by atoms with Crippen molar-refractivity contribution in [1.82, 2.24) is 9.80 Å². The lowest BCUT2D eigenvalue weighted by Crippen LogP contribution is -2.63. The molecule has 1 aliphatic carbocycles. The standard InChI is InChI=1S/C15H31N3/c1-17-11-7-10-15(12-16,13-17)18(2)14-8-5-3-4-6-9-14/h14H,3-13,16H2,1-2H3. The third-order valence-corrected chi connectivity index (χ3v) is 5.25. The summed E-state index contributed by atoms with van der Waals surface area (Å²) < 4.78 is 0. The Labute approximate surface area is 113 Å². The fourth-order valence-corrected chi connectivity index (χ4v) is 3.97. The zero-order chi connectivity index (χ0) is 13.0. The Kier molecular flexibility index (Phi) is 5.05. The van der Waals surface area contributed by atoms with E-state index in [9.17, 15) is 0 Å². The third kappa shape index (κ3) is 3.06. The first-order chi connectivity index (χ1) is 8.68. The van der Waals surface area contributed by atoms with E-state index in [0.29, 0.717) is 0 Å². The highest BCUT2D eigenvalue weighted by Gasteiger charge is 2.39. The monoisotopic (exact) mass is 253 g/mol. The molecule has 0 radical (unpaired) electrons. The van der Waals surface area contributed by atoms with Crippen LogP contribution in [-0.2, 0) is 0 Å². The number of hydrogen-bond donors (Lipinski definition) is 1. The fraction of sp³-hybridized carbons (Fsp3) is 1.00. The number of likely N-dealkylation sites (N-methyl/N-ethyl adjacent to an activating group) is 2. The van der Waals surface area contributed by atoms with Crippen LogP contribution in [0.3, 0.4) is 0 Å². The van der Waals surface area contributed by atoms with Gasteiger partial charge in [-0.05, 0) is 46.3 Å². The maximum absolute atomic E-state index is 6.18. The molecule has 1 aliphatic heterocycles. The van der Waals surface area contributed by atoms with Gasteiger partial charge in [0.2, 0.25) is 0 Å². The second kappa shape index (κ2) is 6.36. The van der Waals surface area contributed by atoms with Crippen molar-refractivity contribution in [2.45, 2.75) is 62.9 Å². The number of hydrogen-bond acceptors (Lipinski definition) is 3. The molecule has 2 N–H and O–H groups in total. The summed E-state index contributed by atoms with van der Waals surface area (Å²) >= 11 is 0. The quantitative estimate of drug-likeness (QED) is 0.782. The van der Waals surface area contributed by atoms with Crippen molar-refractivity contribution in [3.05, 3.63) is 0 Å². The highest BCUT2D eigenvalue weighted by Crippen LogP contribution is 2.31. The fourth-order valence-electron chi connectivity index (χ4n) is 3.97. The molecule has 2 rings (SSSR count). The minimum atomic E-state index is 0.238. The normalized spacial score (nSPS) is 32.7. The Morgan fingerprint density at radius 3 is 2.39 bits per heavy atom. The molecule has 0 aromatic rings. The lowest BCUT2D eigenvalue weighted by atomic mass is 9.85. The van der Waals surface area contributed by atoms with Crippen LogP contribution in [0.2, 0.25) is 0 Å². The van der Waals surface area contributed by atoms with E-state index < -0.39 is 0 Å². The van der Waals surface area contributed by atoms with Gasteiger partial charge in [-0.25, -0.2) is 0 Å². The van der Waals surface area contributed by atoms with E-state index in [0.717, 1.165) is 19.1 Å². The average Bonchev–Trinajstić information content (AvgIpc) is 2.66. The van der Waals surface area contributed by atoms with Gasteiger partial charge in [-0.3, -0.25) is 4.90 Å². The first-order valence-electron chi connectivity index (χ1n) is 7.79. The van der Waals surface area contributed by atoms with Gasteiger partial charge in [0.25, 0.3) is 0 Å². The van der Waals surface area contributed by atoms with Crippen molar-refractivity contribution in [3.8, 4) is 0 Å². The van der Waals surface area contributed by atoms with Gasteiger partial charge in [0.1, 0.15) is 0 Å². The van der Waals surface area contributed by atoms with Crippen molar-refractivity contribution in [1.29, 1.82) is 0 Å². The van der Waals surface area contributed by atoms with Crippen LogP contribution in [0.25, 0.3) is 0 Å². The number of nitrogens with zero attached hydrogens (tertiary/aromatic N) is 2. The zero-order valence-electron chi connectivity index (χ0n) is 12.3. The van der Waals surface area contributed by atoms with Gasteiger partial charge < -0.3 is 10.6 Å². The minimum Gasteiger partial charge on any atom is -0.329 e. The van der Waals surface area contributed by atoms with Crippen LogP contribution < -0.4 is 5.73 Å². The number of likely N-dealkylation sites (tertiary alicyclic amines) is 1. The lowest BCUT2D eigenvalue weighted by molar-refractivity contribution is 0.0108. The highest BCUT2D eigenvalue weighted by atomic mass is 15.3. The molecule has 0 aromatic heterocycles. The summed E-state index contributed by atoms with van der Waals surface area (Å²) in [5, 5.41) is 0. The zero-order valence-corrected chi connectivity index (χ0v) is 12.3. The van der Waals surface area contributed by atoms with Gasteiger partial charge in [-0.2, -0.15) is 0 Å². The van der Waals surface area contributed by atoms with Crippen LogP contribution in [-0.4, -0.2) is 55.1 Å². The van der Waals surface area contributed by atoms with Crippen molar-refractivity contribution in [3.63, 3.8) is 0 Å². The van der Waals surface area contributed by atoms with Gasteiger partial charge in [0.05, 0.1) is 0 Å². The predicted octanol–water partition coefficient (Wildman–Crippen LogP) is 2.06. The first kappa shape index (κ1) is 14.3. The molecule has 0 spiro atoms. The molecule has 18 heavy (non-hydrogen) atoms. The molecule has 0 bridgehead atoms. The Hall–Kier alpha value is -0.120. The van der Waals surface area contributed by atoms with Crippen LogP contribution in [0, 0.1) is 0 Å². The second-order valence-corrected chi connectivity index (χ2v) is 6.53. The molecule has 0 amide bonds. The largest absolute Gasteiger partial charge is 0.329 e. The molecule has 2 fully saturated rings. The van der Waals surface area contributed by atoms with Crippen LogP contribution in [0.1, 0.15) is 51.4 Å². The van der Waals surface area contributed by atoms with E-state index in [-0.39, 0.29) is 5.54 Å². The van der Waals surface area contributed by atoms with E-state index in [2.05, 4.69) is 23.9 Å². The maximum Gasteiger partial charge on any atom is 0.0458 e. The van der Waals surface area contributed by atoms with E-state index in [1.165, 1.54) is 57.9 Å². The Morgan fingerprint density at radius 2 is 1.83 bits per heavy atom. The summed E-state index contributed by atoms with van der Waals surface area (Å²) in [5.74, 6) is 0.